The molecule has 0 aliphatic heterocycles. The molecule has 0 unspecified atom stereocenters. The number of carbonyl (C=O) groups excluding carboxylic acids is 3. The summed E-state index contributed by atoms with van der Waals surface area (Å²) in [5, 5.41) is 6.07. The van der Waals surface area contributed by atoms with Crippen molar-refractivity contribution >= 4 is 51.4 Å². The first kappa shape index (κ1) is 19.0. The molecule has 132 valence electrons. The summed E-state index contributed by atoms with van der Waals surface area (Å²) in [6.07, 6.45) is 0. The number of carbonyl (C=O) groups is 3. The van der Waals surface area contributed by atoms with Crippen LogP contribution in [0.25, 0.3) is 0 Å². The monoisotopic (exact) mass is 380 g/mol. The van der Waals surface area contributed by atoms with E-state index >= 15 is 0 Å². The number of ether oxygens (including phenoxy) is 1. The van der Waals surface area contributed by atoms with Gasteiger partial charge in [-0.15, -0.1) is 11.3 Å². The van der Waals surface area contributed by atoms with Gasteiger partial charge in [0.15, 0.2) is 5.78 Å². The van der Waals surface area contributed by atoms with Gasteiger partial charge in [-0.25, -0.2) is 9.59 Å². The van der Waals surface area contributed by atoms with Gasteiger partial charge in [-0.05, 0) is 50.6 Å². The minimum atomic E-state index is -0.578. The average molecular weight is 381 g/mol. The Morgan fingerprint density at radius 1 is 1.16 bits per heavy atom. The highest BCUT2D eigenvalue weighted by Crippen LogP contribution is 2.34. The van der Waals surface area contributed by atoms with Crippen molar-refractivity contribution < 1.29 is 19.1 Å². The Bertz CT molecular complexity index is 815. The van der Waals surface area contributed by atoms with Crippen molar-refractivity contribution in [2.24, 2.45) is 0 Å². The predicted octanol–water partition coefficient (Wildman–Crippen LogP) is 4.73. The SMILES string of the molecule is CCOC(=O)c1c(NC(=O)Nc2ccc(Cl)cc2)sc(C(C)=O)c1C. The predicted molar refractivity (Wildman–Crippen MR) is 99.1 cm³/mol. The van der Waals surface area contributed by atoms with Crippen molar-refractivity contribution in [3.05, 3.63) is 45.3 Å². The molecular formula is C17H17ClN2O4S. The van der Waals surface area contributed by atoms with E-state index in [1.54, 1.807) is 38.1 Å². The number of hydrogen-bond acceptors (Lipinski definition) is 5. The van der Waals surface area contributed by atoms with Gasteiger partial charge < -0.3 is 10.1 Å². The number of benzene rings is 1. The Morgan fingerprint density at radius 2 is 1.80 bits per heavy atom. The number of hydrogen-bond donors (Lipinski definition) is 2. The highest BCUT2D eigenvalue weighted by Gasteiger charge is 2.25. The highest BCUT2D eigenvalue weighted by atomic mass is 35.5. The number of thiophene rings is 1. The zero-order valence-corrected chi connectivity index (χ0v) is 15.5. The fourth-order valence-corrected chi connectivity index (χ4v) is 3.40. The number of ketones is 1. The Hall–Kier alpha value is -2.38. The summed E-state index contributed by atoms with van der Waals surface area (Å²) in [4.78, 5) is 36.5. The van der Waals surface area contributed by atoms with E-state index in [4.69, 9.17) is 16.3 Å². The van der Waals surface area contributed by atoms with Crippen LogP contribution in [0.4, 0.5) is 15.5 Å². The van der Waals surface area contributed by atoms with E-state index in [0.29, 0.717) is 21.2 Å². The first-order chi connectivity index (χ1) is 11.8. The molecule has 0 bridgehead atoms. The molecule has 1 aromatic carbocycles. The lowest BCUT2D eigenvalue weighted by molar-refractivity contribution is 0.0527. The van der Waals surface area contributed by atoms with Crippen LogP contribution in [-0.2, 0) is 4.74 Å². The maximum absolute atomic E-state index is 12.2. The van der Waals surface area contributed by atoms with Crippen LogP contribution < -0.4 is 10.6 Å². The number of amides is 2. The quantitative estimate of drug-likeness (QED) is 0.580. The molecule has 0 aliphatic carbocycles. The van der Waals surface area contributed by atoms with Crippen LogP contribution in [0.2, 0.25) is 5.02 Å². The summed E-state index contributed by atoms with van der Waals surface area (Å²) in [7, 11) is 0. The number of urea groups is 1. The molecule has 2 amide bonds. The second kappa shape index (κ2) is 8.13. The van der Waals surface area contributed by atoms with Crippen molar-refractivity contribution in [3.8, 4) is 0 Å². The second-order valence-electron chi connectivity index (χ2n) is 5.12. The first-order valence-corrected chi connectivity index (χ1v) is 8.68. The summed E-state index contributed by atoms with van der Waals surface area (Å²) in [6, 6.07) is 6.04. The molecule has 2 rings (SSSR count). The van der Waals surface area contributed by atoms with E-state index in [2.05, 4.69) is 10.6 Å². The molecule has 0 saturated carbocycles. The lowest BCUT2D eigenvalue weighted by Gasteiger charge is -2.08. The molecular weight excluding hydrogens is 364 g/mol. The van der Waals surface area contributed by atoms with Crippen molar-refractivity contribution in [1.82, 2.24) is 0 Å². The smallest absolute Gasteiger partial charge is 0.341 e. The topological polar surface area (TPSA) is 84.5 Å². The standard InChI is InChI=1S/C17H17ClN2O4S/c1-4-24-16(22)13-9(2)14(10(3)21)25-15(13)20-17(23)19-12-7-5-11(18)6-8-12/h5-8H,4H2,1-3H3,(H2,19,20,23). The summed E-state index contributed by atoms with van der Waals surface area (Å²) >= 11 is 6.85. The molecule has 25 heavy (non-hydrogen) atoms. The van der Waals surface area contributed by atoms with Crippen LogP contribution in [0.15, 0.2) is 24.3 Å². The fourth-order valence-electron chi connectivity index (χ4n) is 2.19. The van der Waals surface area contributed by atoms with Crippen molar-refractivity contribution in [1.29, 1.82) is 0 Å². The van der Waals surface area contributed by atoms with E-state index < -0.39 is 12.0 Å². The molecule has 8 heteroatoms. The summed E-state index contributed by atoms with van der Waals surface area (Å²) in [6.45, 7) is 4.94. The number of nitrogens with one attached hydrogen (secondary N) is 2. The minimum Gasteiger partial charge on any atom is -0.462 e. The molecule has 0 saturated heterocycles. The van der Waals surface area contributed by atoms with Gasteiger partial charge in [-0.2, -0.15) is 0 Å². The molecule has 6 nitrogen and oxygen atoms in total. The molecule has 1 heterocycles. The van der Waals surface area contributed by atoms with Gasteiger partial charge in [0.05, 0.1) is 17.0 Å². The molecule has 1 aromatic heterocycles. The molecule has 2 aromatic rings. The third-order valence-electron chi connectivity index (χ3n) is 3.28. The van der Waals surface area contributed by atoms with Gasteiger partial charge in [-0.3, -0.25) is 10.1 Å². The maximum Gasteiger partial charge on any atom is 0.341 e. The van der Waals surface area contributed by atoms with Crippen LogP contribution in [0.3, 0.4) is 0 Å². The lowest BCUT2D eigenvalue weighted by atomic mass is 10.1. The molecule has 0 atom stereocenters. The number of Topliss-reactive ketones (excluding diaryl/α,β-unsaturated/α-hetero) is 1. The van der Waals surface area contributed by atoms with E-state index in [0.717, 1.165) is 11.3 Å². The van der Waals surface area contributed by atoms with Crippen molar-refractivity contribution in [3.63, 3.8) is 0 Å². The zero-order chi connectivity index (χ0) is 18.6. The van der Waals surface area contributed by atoms with Gasteiger partial charge in [0.1, 0.15) is 5.00 Å². The summed E-state index contributed by atoms with van der Waals surface area (Å²) in [5.41, 5.74) is 1.24. The maximum atomic E-state index is 12.2. The van der Waals surface area contributed by atoms with Crippen LogP contribution in [0, 0.1) is 6.92 Å². The fraction of sp³-hybridized carbons (Fsp3) is 0.235. The normalized spacial score (nSPS) is 10.2. The van der Waals surface area contributed by atoms with E-state index in [1.807, 2.05) is 0 Å². The number of rotatable bonds is 5. The van der Waals surface area contributed by atoms with Gasteiger partial charge in [-0.1, -0.05) is 11.6 Å². The van der Waals surface area contributed by atoms with Gasteiger partial charge in [0.25, 0.3) is 0 Å². The first-order valence-electron chi connectivity index (χ1n) is 7.48. The molecule has 0 spiro atoms. The van der Waals surface area contributed by atoms with Crippen LogP contribution in [0.5, 0.6) is 0 Å². The molecule has 2 N–H and O–H groups in total. The molecule has 0 aliphatic rings. The Labute approximate surface area is 154 Å². The van der Waals surface area contributed by atoms with Crippen LogP contribution in [0.1, 0.15) is 39.4 Å². The molecule has 0 radical (unpaired) electrons. The summed E-state index contributed by atoms with van der Waals surface area (Å²) in [5.74, 6) is -0.759. The number of anilines is 2. The largest absolute Gasteiger partial charge is 0.462 e. The second-order valence-corrected chi connectivity index (χ2v) is 6.58. The number of halogens is 1. The van der Waals surface area contributed by atoms with E-state index in [9.17, 15) is 14.4 Å². The zero-order valence-electron chi connectivity index (χ0n) is 13.9. The lowest BCUT2D eigenvalue weighted by Crippen LogP contribution is -2.20. The van der Waals surface area contributed by atoms with Crippen molar-refractivity contribution in [2.75, 3.05) is 17.2 Å². The third-order valence-corrected chi connectivity index (χ3v) is 4.84. The average Bonchev–Trinajstić information content (AvgIpc) is 2.86. The van der Waals surface area contributed by atoms with E-state index in [-0.39, 0.29) is 23.0 Å². The third kappa shape index (κ3) is 4.58. The van der Waals surface area contributed by atoms with Crippen LogP contribution >= 0.6 is 22.9 Å². The Morgan fingerprint density at radius 3 is 2.36 bits per heavy atom. The van der Waals surface area contributed by atoms with Gasteiger partial charge in [0, 0.05) is 10.7 Å². The Balaban J connectivity index is 2.26. The van der Waals surface area contributed by atoms with Gasteiger partial charge >= 0.3 is 12.0 Å². The van der Waals surface area contributed by atoms with Crippen LogP contribution in [-0.4, -0.2) is 24.4 Å². The Kier molecular flexibility index (Phi) is 6.17. The highest BCUT2D eigenvalue weighted by molar-refractivity contribution is 7.18. The summed E-state index contributed by atoms with van der Waals surface area (Å²) < 4.78 is 5.03. The van der Waals surface area contributed by atoms with E-state index in [1.165, 1.54) is 6.92 Å². The minimum absolute atomic E-state index is 0.181. The number of esters is 1. The molecule has 0 fully saturated rings. The van der Waals surface area contributed by atoms with Gasteiger partial charge in [0.2, 0.25) is 0 Å². The van der Waals surface area contributed by atoms with Crippen molar-refractivity contribution in [2.45, 2.75) is 20.8 Å².